The molecule has 0 aromatic carbocycles. The van der Waals surface area contributed by atoms with Gasteiger partial charge in [0.15, 0.2) is 5.96 Å². The highest BCUT2D eigenvalue weighted by Gasteiger charge is 2.06. The van der Waals surface area contributed by atoms with Crippen molar-refractivity contribution in [1.82, 2.24) is 20.0 Å². The van der Waals surface area contributed by atoms with Crippen molar-refractivity contribution >= 4 is 22.9 Å². The van der Waals surface area contributed by atoms with Gasteiger partial charge >= 0.3 is 0 Å². The van der Waals surface area contributed by atoms with Crippen LogP contribution in [0.15, 0.2) is 53.1 Å². The molecule has 0 saturated heterocycles. The lowest BCUT2D eigenvalue weighted by molar-refractivity contribution is 0.562. The van der Waals surface area contributed by atoms with Gasteiger partial charge in [0.1, 0.15) is 5.65 Å². The van der Waals surface area contributed by atoms with E-state index in [0.717, 1.165) is 43.2 Å². The first kappa shape index (κ1) is 17.5. The van der Waals surface area contributed by atoms with Crippen molar-refractivity contribution in [3.8, 4) is 0 Å². The smallest absolute Gasteiger partial charge is 0.190 e. The van der Waals surface area contributed by atoms with Gasteiger partial charge < -0.3 is 15.0 Å². The molecule has 0 saturated carbocycles. The molecule has 2 N–H and O–H groups in total. The van der Waals surface area contributed by atoms with Crippen LogP contribution >= 0.6 is 11.3 Å². The number of rotatable bonds is 7. The van der Waals surface area contributed by atoms with E-state index in [9.17, 15) is 0 Å². The lowest BCUT2D eigenvalue weighted by Crippen LogP contribution is -2.40. The van der Waals surface area contributed by atoms with Crippen LogP contribution in [0.25, 0.3) is 5.65 Å². The number of hydrogen-bond donors (Lipinski definition) is 2. The van der Waals surface area contributed by atoms with E-state index in [-0.39, 0.29) is 0 Å². The Morgan fingerprint density at radius 3 is 2.96 bits per heavy atom. The first-order valence-electron chi connectivity index (χ1n) is 8.64. The zero-order chi connectivity index (χ0) is 17.5. The zero-order valence-electron chi connectivity index (χ0n) is 14.8. The van der Waals surface area contributed by atoms with Crippen LogP contribution in [0.4, 0.5) is 0 Å². The van der Waals surface area contributed by atoms with E-state index in [1.807, 2.05) is 42.8 Å². The van der Waals surface area contributed by atoms with Crippen LogP contribution in [0.1, 0.15) is 17.5 Å². The van der Waals surface area contributed by atoms with Crippen molar-refractivity contribution in [3.63, 3.8) is 0 Å². The molecule has 0 aliphatic rings. The predicted molar refractivity (Wildman–Crippen MR) is 105 cm³/mol. The monoisotopic (exact) mass is 355 g/mol. The Morgan fingerprint density at radius 2 is 2.20 bits per heavy atom. The minimum Gasteiger partial charge on any atom is -0.356 e. The van der Waals surface area contributed by atoms with E-state index >= 15 is 0 Å². The average molecular weight is 356 g/mol. The Hall–Kier alpha value is -2.34. The highest BCUT2D eigenvalue weighted by atomic mass is 32.1. The van der Waals surface area contributed by atoms with Crippen LogP contribution < -0.4 is 10.6 Å². The summed E-state index contributed by atoms with van der Waals surface area (Å²) >= 11 is 1.82. The van der Waals surface area contributed by atoms with Crippen LogP contribution in [0.5, 0.6) is 0 Å². The molecule has 0 spiro atoms. The van der Waals surface area contributed by atoms with Crippen molar-refractivity contribution in [1.29, 1.82) is 0 Å². The van der Waals surface area contributed by atoms with Gasteiger partial charge in [0, 0.05) is 43.8 Å². The van der Waals surface area contributed by atoms with E-state index in [1.165, 1.54) is 4.88 Å². The van der Waals surface area contributed by atoms with Crippen LogP contribution in [-0.2, 0) is 12.8 Å². The van der Waals surface area contributed by atoms with Crippen LogP contribution in [-0.4, -0.2) is 35.5 Å². The normalized spacial score (nSPS) is 13.1. The molecule has 0 aliphatic carbocycles. The van der Waals surface area contributed by atoms with E-state index in [0.29, 0.717) is 5.92 Å². The lowest BCUT2D eigenvalue weighted by Gasteiger charge is -2.15. The predicted octanol–water partition coefficient (Wildman–Crippen LogP) is 2.98. The summed E-state index contributed by atoms with van der Waals surface area (Å²) in [4.78, 5) is 10.4. The molecular formula is C19H25N5S. The standard InChI is InChI=1S/C19H25N5S/c1-15(12-17-6-5-11-25-17)13-22-19(20-2)21-9-8-16-14-24-10-4-3-7-18(24)23-16/h3-7,10-11,14-15H,8-9,12-13H2,1-2H3,(H2,20,21,22). The second-order valence-corrected chi connectivity index (χ2v) is 7.25. The minimum absolute atomic E-state index is 0.565. The fraction of sp³-hybridized carbons (Fsp3) is 0.368. The van der Waals surface area contributed by atoms with Crippen molar-refractivity contribution in [2.45, 2.75) is 19.8 Å². The van der Waals surface area contributed by atoms with Gasteiger partial charge in [0.05, 0.1) is 5.69 Å². The van der Waals surface area contributed by atoms with E-state index in [1.54, 1.807) is 0 Å². The van der Waals surface area contributed by atoms with Gasteiger partial charge in [-0.25, -0.2) is 4.98 Å². The number of pyridine rings is 1. The summed E-state index contributed by atoms with van der Waals surface area (Å²) in [7, 11) is 1.81. The first-order chi connectivity index (χ1) is 12.2. The summed E-state index contributed by atoms with van der Waals surface area (Å²) in [6.07, 6.45) is 6.07. The summed E-state index contributed by atoms with van der Waals surface area (Å²) in [5.74, 6) is 1.41. The van der Waals surface area contributed by atoms with Crippen molar-refractivity contribution in [2.24, 2.45) is 10.9 Å². The van der Waals surface area contributed by atoms with E-state index in [4.69, 9.17) is 0 Å². The third kappa shape index (κ3) is 5.06. The fourth-order valence-electron chi connectivity index (χ4n) is 2.75. The number of aliphatic imine (C=N–C) groups is 1. The van der Waals surface area contributed by atoms with Crippen molar-refractivity contribution in [3.05, 3.63) is 58.7 Å². The molecule has 132 valence electrons. The number of hydrogen-bond acceptors (Lipinski definition) is 3. The molecule has 0 bridgehead atoms. The van der Waals surface area contributed by atoms with Gasteiger partial charge in [-0.15, -0.1) is 11.3 Å². The van der Waals surface area contributed by atoms with Gasteiger partial charge in [-0.2, -0.15) is 0 Å². The lowest BCUT2D eigenvalue weighted by atomic mass is 10.1. The number of nitrogens with zero attached hydrogens (tertiary/aromatic N) is 3. The summed E-state index contributed by atoms with van der Waals surface area (Å²) in [5, 5.41) is 8.92. The Kier molecular flexibility index (Phi) is 6.06. The van der Waals surface area contributed by atoms with Crippen LogP contribution in [0.3, 0.4) is 0 Å². The molecule has 3 rings (SSSR count). The minimum atomic E-state index is 0.565. The Balaban J connectivity index is 1.41. The Bertz CT molecular complexity index is 773. The van der Waals surface area contributed by atoms with Gasteiger partial charge in [-0.1, -0.05) is 19.1 Å². The molecule has 0 fully saturated rings. The Labute approximate surface area is 152 Å². The molecule has 0 aliphatic heterocycles. The van der Waals surface area contributed by atoms with Gasteiger partial charge in [-0.3, -0.25) is 4.99 Å². The largest absolute Gasteiger partial charge is 0.356 e. The summed E-state index contributed by atoms with van der Waals surface area (Å²) in [5.41, 5.74) is 2.07. The summed E-state index contributed by atoms with van der Waals surface area (Å²) in [6.45, 7) is 3.98. The molecule has 1 unspecified atom stereocenters. The fourth-order valence-corrected chi connectivity index (χ4v) is 3.62. The number of fused-ring (bicyclic) bond motifs is 1. The third-order valence-electron chi connectivity index (χ3n) is 4.06. The number of imidazole rings is 1. The molecule has 0 amide bonds. The number of nitrogens with one attached hydrogen (secondary N) is 2. The number of thiophene rings is 1. The second kappa shape index (κ2) is 8.67. The molecule has 3 aromatic heterocycles. The van der Waals surface area contributed by atoms with Crippen LogP contribution in [0, 0.1) is 5.92 Å². The van der Waals surface area contributed by atoms with Crippen molar-refractivity contribution in [2.75, 3.05) is 20.1 Å². The Morgan fingerprint density at radius 1 is 1.28 bits per heavy atom. The molecule has 3 heterocycles. The third-order valence-corrected chi connectivity index (χ3v) is 4.96. The topological polar surface area (TPSA) is 53.7 Å². The second-order valence-electron chi connectivity index (χ2n) is 6.22. The molecule has 5 nitrogen and oxygen atoms in total. The average Bonchev–Trinajstić information content (AvgIpc) is 3.26. The SMILES string of the molecule is CN=C(NCCc1cn2ccccc2n1)NCC(C)Cc1cccs1. The number of guanidine groups is 1. The molecular weight excluding hydrogens is 330 g/mol. The van der Waals surface area contributed by atoms with Crippen molar-refractivity contribution < 1.29 is 0 Å². The summed E-state index contributed by atoms with van der Waals surface area (Å²) < 4.78 is 2.05. The first-order valence-corrected chi connectivity index (χ1v) is 9.52. The molecule has 3 aromatic rings. The van der Waals surface area contributed by atoms with Crippen LogP contribution in [0.2, 0.25) is 0 Å². The maximum Gasteiger partial charge on any atom is 0.190 e. The van der Waals surface area contributed by atoms with E-state index < -0.39 is 0 Å². The van der Waals surface area contributed by atoms with Gasteiger partial charge in [-0.05, 0) is 35.9 Å². The van der Waals surface area contributed by atoms with Gasteiger partial charge in [0.2, 0.25) is 0 Å². The highest BCUT2D eigenvalue weighted by Crippen LogP contribution is 2.13. The molecule has 1 atom stereocenters. The zero-order valence-corrected chi connectivity index (χ0v) is 15.6. The highest BCUT2D eigenvalue weighted by molar-refractivity contribution is 7.09. The van der Waals surface area contributed by atoms with Gasteiger partial charge in [0.25, 0.3) is 0 Å². The molecule has 25 heavy (non-hydrogen) atoms. The quantitative estimate of drug-likeness (QED) is 0.506. The maximum absolute atomic E-state index is 4.62. The molecule has 0 radical (unpaired) electrons. The summed E-state index contributed by atoms with van der Waals surface area (Å²) in [6, 6.07) is 10.3. The maximum atomic E-state index is 4.62. The number of aromatic nitrogens is 2. The molecule has 6 heteroatoms. The van der Waals surface area contributed by atoms with E-state index in [2.05, 4.69) is 55.6 Å².